The molecule has 0 N–H and O–H groups in total. The standard InChI is InChI=1S/C16H12F2N2S/c17-13-8-11(10-19)9-14(18)16(13)20-5-3-12(4-6-20)15-2-1-7-21-15/h1-3,7-9H,4-6H2. The predicted octanol–water partition coefficient (Wildman–Crippen LogP) is 4.19. The summed E-state index contributed by atoms with van der Waals surface area (Å²) in [4.78, 5) is 2.87. The van der Waals surface area contributed by atoms with Crippen molar-refractivity contribution in [3.05, 3.63) is 57.8 Å². The van der Waals surface area contributed by atoms with E-state index >= 15 is 0 Å². The minimum absolute atomic E-state index is 0.000533. The Morgan fingerprint density at radius 1 is 1.24 bits per heavy atom. The molecule has 0 atom stereocenters. The highest BCUT2D eigenvalue weighted by Gasteiger charge is 2.21. The van der Waals surface area contributed by atoms with Gasteiger partial charge in [0.15, 0.2) is 11.6 Å². The number of hydrogen-bond donors (Lipinski definition) is 0. The van der Waals surface area contributed by atoms with E-state index in [1.165, 1.54) is 10.5 Å². The first-order valence-corrected chi connectivity index (χ1v) is 7.44. The van der Waals surface area contributed by atoms with Crippen LogP contribution < -0.4 is 4.90 Å². The molecule has 0 amide bonds. The monoisotopic (exact) mass is 302 g/mol. The van der Waals surface area contributed by atoms with Crippen molar-refractivity contribution in [2.45, 2.75) is 6.42 Å². The van der Waals surface area contributed by atoms with Gasteiger partial charge in [0.05, 0.1) is 11.6 Å². The van der Waals surface area contributed by atoms with Gasteiger partial charge in [0.25, 0.3) is 0 Å². The number of thiophene rings is 1. The van der Waals surface area contributed by atoms with Crippen LogP contribution in [0, 0.1) is 23.0 Å². The van der Waals surface area contributed by atoms with Crippen LogP contribution in [0.4, 0.5) is 14.5 Å². The summed E-state index contributed by atoms with van der Waals surface area (Å²) in [6.45, 7) is 1.02. The molecule has 0 saturated heterocycles. The fourth-order valence-corrected chi connectivity index (χ4v) is 3.29. The van der Waals surface area contributed by atoms with Crippen LogP contribution in [0.25, 0.3) is 5.57 Å². The van der Waals surface area contributed by atoms with E-state index in [0.717, 1.165) is 18.6 Å². The highest BCUT2D eigenvalue weighted by Crippen LogP contribution is 2.31. The van der Waals surface area contributed by atoms with Crippen molar-refractivity contribution in [2.24, 2.45) is 0 Å². The summed E-state index contributed by atoms with van der Waals surface area (Å²) in [6.07, 6.45) is 2.76. The van der Waals surface area contributed by atoms with Gasteiger partial charge in [-0.2, -0.15) is 5.26 Å². The summed E-state index contributed by atoms with van der Waals surface area (Å²) in [7, 11) is 0. The lowest BCUT2D eigenvalue weighted by atomic mass is 10.1. The van der Waals surface area contributed by atoms with E-state index in [0.29, 0.717) is 13.1 Å². The first-order chi connectivity index (χ1) is 10.2. The fraction of sp³-hybridized carbons (Fsp3) is 0.188. The van der Waals surface area contributed by atoms with E-state index < -0.39 is 11.6 Å². The van der Waals surface area contributed by atoms with Crippen molar-refractivity contribution in [1.29, 1.82) is 5.26 Å². The summed E-state index contributed by atoms with van der Waals surface area (Å²) in [5, 5.41) is 10.7. The van der Waals surface area contributed by atoms with Gasteiger partial charge in [0.2, 0.25) is 0 Å². The van der Waals surface area contributed by atoms with Crippen LogP contribution in [0.15, 0.2) is 35.7 Å². The molecule has 0 unspecified atom stereocenters. The Bertz CT molecular complexity index is 706. The highest BCUT2D eigenvalue weighted by molar-refractivity contribution is 7.11. The first-order valence-electron chi connectivity index (χ1n) is 6.56. The van der Waals surface area contributed by atoms with Gasteiger partial charge < -0.3 is 4.90 Å². The Balaban J connectivity index is 1.86. The third-order valence-electron chi connectivity index (χ3n) is 3.51. The van der Waals surface area contributed by atoms with Crippen LogP contribution in [0.2, 0.25) is 0 Å². The zero-order chi connectivity index (χ0) is 14.8. The summed E-state index contributed by atoms with van der Waals surface area (Å²) in [5.41, 5.74) is 1.17. The zero-order valence-corrected chi connectivity index (χ0v) is 12.0. The predicted molar refractivity (Wildman–Crippen MR) is 80.2 cm³/mol. The molecule has 0 spiro atoms. The van der Waals surface area contributed by atoms with E-state index in [9.17, 15) is 8.78 Å². The lowest BCUT2D eigenvalue weighted by Crippen LogP contribution is -2.29. The van der Waals surface area contributed by atoms with Crippen molar-refractivity contribution in [3.63, 3.8) is 0 Å². The molecule has 5 heteroatoms. The molecule has 0 radical (unpaired) electrons. The Kier molecular flexibility index (Phi) is 3.72. The number of nitrogens with zero attached hydrogens (tertiary/aromatic N) is 2. The average molecular weight is 302 g/mol. The zero-order valence-electron chi connectivity index (χ0n) is 11.1. The molecule has 106 valence electrons. The molecule has 0 fully saturated rings. The smallest absolute Gasteiger partial charge is 0.150 e. The lowest BCUT2D eigenvalue weighted by Gasteiger charge is -2.28. The van der Waals surface area contributed by atoms with Crippen LogP contribution in [0.5, 0.6) is 0 Å². The number of halogens is 2. The number of nitriles is 1. The van der Waals surface area contributed by atoms with E-state index in [1.54, 1.807) is 22.3 Å². The molecule has 1 aliphatic rings. The molecule has 1 aromatic carbocycles. The molecule has 0 bridgehead atoms. The normalized spacial score (nSPS) is 14.7. The van der Waals surface area contributed by atoms with Gasteiger partial charge in [0, 0.05) is 18.0 Å². The molecule has 0 saturated carbocycles. The molecule has 1 aromatic heterocycles. The van der Waals surface area contributed by atoms with Crippen molar-refractivity contribution < 1.29 is 8.78 Å². The fourth-order valence-electron chi connectivity index (χ4n) is 2.49. The topological polar surface area (TPSA) is 27.0 Å². The second-order valence-corrected chi connectivity index (χ2v) is 5.75. The average Bonchev–Trinajstić information content (AvgIpc) is 3.01. The molecule has 3 rings (SSSR count). The van der Waals surface area contributed by atoms with E-state index in [-0.39, 0.29) is 11.3 Å². The maximum absolute atomic E-state index is 14.0. The van der Waals surface area contributed by atoms with Gasteiger partial charge >= 0.3 is 0 Å². The van der Waals surface area contributed by atoms with Crippen LogP contribution in [0.1, 0.15) is 16.9 Å². The Labute approximate surface area is 125 Å². The van der Waals surface area contributed by atoms with Gasteiger partial charge in [-0.05, 0) is 35.6 Å². The number of rotatable bonds is 2. The van der Waals surface area contributed by atoms with Crippen LogP contribution in [-0.4, -0.2) is 13.1 Å². The lowest BCUT2D eigenvalue weighted by molar-refractivity contribution is 0.572. The summed E-state index contributed by atoms with van der Waals surface area (Å²) >= 11 is 1.67. The van der Waals surface area contributed by atoms with Gasteiger partial charge in [-0.15, -0.1) is 11.3 Å². The van der Waals surface area contributed by atoms with Crippen LogP contribution in [-0.2, 0) is 0 Å². The van der Waals surface area contributed by atoms with E-state index in [4.69, 9.17) is 5.26 Å². The summed E-state index contributed by atoms with van der Waals surface area (Å²) in [5.74, 6) is -1.36. The van der Waals surface area contributed by atoms with Gasteiger partial charge in [-0.3, -0.25) is 0 Å². The number of anilines is 1. The highest BCUT2D eigenvalue weighted by atomic mass is 32.1. The number of hydrogen-bond acceptors (Lipinski definition) is 3. The quantitative estimate of drug-likeness (QED) is 0.831. The Morgan fingerprint density at radius 2 is 2.00 bits per heavy atom. The third-order valence-corrected chi connectivity index (χ3v) is 4.45. The second kappa shape index (κ2) is 5.66. The maximum Gasteiger partial charge on any atom is 0.150 e. The molecule has 2 aromatic rings. The molecule has 1 aliphatic heterocycles. The Morgan fingerprint density at radius 3 is 2.52 bits per heavy atom. The molecular formula is C16H12F2N2S. The minimum atomic E-state index is -0.681. The maximum atomic E-state index is 14.0. The second-order valence-electron chi connectivity index (χ2n) is 4.80. The van der Waals surface area contributed by atoms with Gasteiger partial charge in [-0.1, -0.05) is 12.1 Å². The van der Waals surface area contributed by atoms with E-state index in [2.05, 4.69) is 6.07 Å². The van der Waals surface area contributed by atoms with Crippen molar-refractivity contribution in [3.8, 4) is 6.07 Å². The number of benzene rings is 1. The van der Waals surface area contributed by atoms with Crippen molar-refractivity contribution in [1.82, 2.24) is 0 Å². The van der Waals surface area contributed by atoms with Gasteiger partial charge in [0.1, 0.15) is 5.69 Å². The Hall–Kier alpha value is -2.19. The molecule has 21 heavy (non-hydrogen) atoms. The molecule has 2 nitrogen and oxygen atoms in total. The van der Waals surface area contributed by atoms with Gasteiger partial charge in [-0.25, -0.2) is 8.78 Å². The minimum Gasteiger partial charge on any atom is -0.363 e. The van der Waals surface area contributed by atoms with E-state index in [1.807, 2.05) is 17.5 Å². The van der Waals surface area contributed by atoms with Crippen LogP contribution >= 0.6 is 11.3 Å². The first kappa shape index (κ1) is 13.8. The summed E-state index contributed by atoms with van der Waals surface area (Å²) in [6, 6.07) is 7.96. The largest absolute Gasteiger partial charge is 0.363 e. The van der Waals surface area contributed by atoms with Crippen LogP contribution in [0.3, 0.4) is 0 Å². The third kappa shape index (κ3) is 2.67. The molecule has 2 heterocycles. The molecular weight excluding hydrogens is 290 g/mol. The summed E-state index contributed by atoms with van der Waals surface area (Å²) < 4.78 is 28.0. The SMILES string of the molecule is N#Cc1cc(F)c(N2CC=C(c3cccs3)CC2)c(F)c1. The molecule has 0 aliphatic carbocycles. The van der Waals surface area contributed by atoms with Crippen molar-refractivity contribution >= 4 is 22.6 Å². The van der Waals surface area contributed by atoms with Crippen molar-refractivity contribution in [2.75, 3.05) is 18.0 Å².